The van der Waals surface area contributed by atoms with Crippen LogP contribution >= 0.6 is 11.9 Å². The average molecular weight is 385 g/mol. The fourth-order valence-corrected chi connectivity index (χ4v) is 3.88. The van der Waals surface area contributed by atoms with Gasteiger partial charge in [-0.05, 0) is 68.9 Å². The fourth-order valence-electron chi connectivity index (χ4n) is 3.20. The van der Waals surface area contributed by atoms with Crippen molar-refractivity contribution in [1.29, 1.82) is 0 Å². The van der Waals surface area contributed by atoms with E-state index in [1.54, 1.807) is 18.1 Å². The van der Waals surface area contributed by atoms with E-state index in [2.05, 4.69) is 33.6 Å². The lowest BCUT2D eigenvalue weighted by atomic mass is 10.0. The van der Waals surface area contributed by atoms with Crippen molar-refractivity contribution >= 4 is 23.0 Å². The van der Waals surface area contributed by atoms with Crippen LogP contribution in [0.5, 0.6) is 0 Å². The number of aromatic nitrogens is 2. The molecular weight excluding hydrogens is 359 g/mol. The third-order valence-corrected chi connectivity index (χ3v) is 5.29. The first-order valence-electron chi connectivity index (χ1n) is 8.91. The van der Waals surface area contributed by atoms with Crippen molar-refractivity contribution < 1.29 is 4.39 Å². The molecule has 0 aliphatic rings. The van der Waals surface area contributed by atoms with E-state index in [1.165, 1.54) is 16.5 Å². The number of nitrogens with zero attached hydrogens (tertiary/aromatic N) is 3. The molecular formula is C21H25FN4S. The third-order valence-electron chi connectivity index (χ3n) is 4.45. The monoisotopic (exact) mass is 384 g/mol. The molecule has 0 radical (unpaired) electrons. The maximum atomic E-state index is 14.1. The van der Waals surface area contributed by atoms with Crippen molar-refractivity contribution in [3.8, 4) is 0 Å². The van der Waals surface area contributed by atoms with Gasteiger partial charge in [0.2, 0.25) is 0 Å². The topological polar surface area (TPSA) is 47.1 Å². The summed E-state index contributed by atoms with van der Waals surface area (Å²) in [7, 11) is 4.06. The molecule has 0 aliphatic heterocycles. The lowest BCUT2D eigenvalue weighted by molar-refractivity contribution is 0.554. The van der Waals surface area contributed by atoms with E-state index in [4.69, 9.17) is 5.73 Å². The molecule has 0 fully saturated rings. The Hall–Kier alpha value is -2.15. The first-order valence-corrected chi connectivity index (χ1v) is 9.68. The van der Waals surface area contributed by atoms with Crippen LogP contribution in [-0.2, 0) is 13.0 Å². The summed E-state index contributed by atoms with van der Waals surface area (Å²) in [6, 6.07) is 12.4. The molecule has 6 heteroatoms. The third kappa shape index (κ3) is 4.58. The summed E-state index contributed by atoms with van der Waals surface area (Å²) in [5.41, 5.74) is 10.7. The summed E-state index contributed by atoms with van der Waals surface area (Å²) in [6.45, 7) is 2.42. The Morgan fingerprint density at radius 3 is 2.67 bits per heavy atom. The Morgan fingerprint density at radius 2 is 2.00 bits per heavy atom. The molecule has 2 aromatic heterocycles. The highest BCUT2D eigenvalue weighted by Crippen LogP contribution is 2.28. The minimum Gasteiger partial charge on any atom is -0.336 e. The van der Waals surface area contributed by atoms with Gasteiger partial charge in [-0.3, -0.25) is 9.29 Å². The number of fused-ring (bicyclic) bond motifs is 1. The molecule has 0 atom stereocenters. The van der Waals surface area contributed by atoms with Crippen LogP contribution in [0.15, 0.2) is 59.4 Å². The molecule has 0 spiro atoms. The SMILES string of the molecule is Cc1c(Cc2ccc(SN(C)C)cc2)c2ncccc2n1C/C(F)=C/CN. The smallest absolute Gasteiger partial charge is 0.117 e. The van der Waals surface area contributed by atoms with Gasteiger partial charge in [-0.25, -0.2) is 4.39 Å². The van der Waals surface area contributed by atoms with E-state index in [9.17, 15) is 4.39 Å². The lowest BCUT2D eigenvalue weighted by Crippen LogP contribution is -2.04. The first-order chi connectivity index (χ1) is 13.0. The Labute approximate surface area is 164 Å². The summed E-state index contributed by atoms with van der Waals surface area (Å²) >= 11 is 1.69. The van der Waals surface area contributed by atoms with Crippen LogP contribution in [0, 0.1) is 6.92 Å². The zero-order valence-electron chi connectivity index (χ0n) is 15.9. The van der Waals surface area contributed by atoms with Crippen molar-refractivity contribution in [2.75, 3.05) is 20.6 Å². The molecule has 0 unspecified atom stereocenters. The number of benzene rings is 1. The molecule has 2 heterocycles. The highest BCUT2D eigenvalue weighted by Gasteiger charge is 2.16. The van der Waals surface area contributed by atoms with Gasteiger partial charge in [0.05, 0.1) is 17.6 Å². The number of rotatable bonds is 7. The molecule has 27 heavy (non-hydrogen) atoms. The lowest BCUT2D eigenvalue weighted by Gasteiger charge is -2.09. The van der Waals surface area contributed by atoms with Gasteiger partial charge < -0.3 is 10.3 Å². The normalized spacial score (nSPS) is 12.3. The van der Waals surface area contributed by atoms with Crippen LogP contribution in [-0.4, -0.2) is 34.5 Å². The molecule has 0 bridgehead atoms. The number of halogens is 1. The predicted octanol–water partition coefficient (Wildman–Crippen LogP) is 4.32. The quantitative estimate of drug-likeness (QED) is 0.617. The molecule has 0 saturated heterocycles. The molecule has 1 aromatic carbocycles. The van der Waals surface area contributed by atoms with Crippen LogP contribution in [0.25, 0.3) is 11.0 Å². The second-order valence-electron chi connectivity index (χ2n) is 6.63. The Morgan fingerprint density at radius 1 is 1.26 bits per heavy atom. The molecule has 0 aliphatic carbocycles. The molecule has 142 valence electrons. The van der Waals surface area contributed by atoms with E-state index in [0.717, 1.165) is 28.7 Å². The minimum atomic E-state index is -0.224. The Kier molecular flexibility index (Phi) is 6.31. The van der Waals surface area contributed by atoms with Crippen molar-refractivity contribution in [2.45, 2.75) is 24.8 Å². The van der Waals surface area contributed by atoms with Crippen molar-refractivity contribution in [2.24, 2.45) is 5.73 Å². The zero-order chi connectivity index (χ0) is 19.4. The van der Waals surface area contributed by atoms with Crippen LogP contribution in [0.1, 0.15) is 16.8 Å². The average Bonchev–Trinajstić information content (AvgIpc) is 2.89. The standard InChI is InChI=1S/C21H25FN4S/c1-15-19(13-16-6-8-18(9-7-16)27-25(2)3)21-20(5-4-12-24-21)26(15)14-17(22)10-11-23/h4-10,12H,11,13-14,23H2,1-3H3/b17-10-. The van der Waals surface area contributed by atoms with Gasteiger partial charge in [-0.15, -0.1) is 0 Å². The summed E-state index contributed by atoms with van der Waals surface area (Å²) in [5, 5.41) is 0. The molecule has 4 nitrogen and oxygen atoms in total. The van der Waals surface area contributed by atoms with Crippen LogP contribution in [0.4, 0.5) is 4.39 Å². The second kappa shape index (κ2) is 8.69. The van der Waals surface area contributed by atoms with Crippen LogP contribution in [0.2, 0.25) is 0 Å². The number of allylic oxidation sites excluding steroid dienone is 1. The number of hydrogen-bond acceptors (Lipinski definition) is 4. The van der Waals surface area contributed by atoms with Gasteiger partial charge in [0.1, 0.15) is 5.83 Å². The summed E-state index contributed by atoms with van der Waals surface area (Å²) in [5.74, 6) is -0.224. The maximum Gasteiger partial charge on any atom is 0.117 e. The molecule has 0 saturated carbocycles. The van der Waals surface area contributed by atoms with Crippen molar-refractivity contribution in [3.05, 3.63) is 71.3 Å². The maximum absolute atomic E-state index is 14.1. The van der Waals surface area contributed by atoms with E-state index in [0.29, 0.717) is 0 Å². The first kappa shape index (κ1) is 19.6. The van der Waals surface area contributed by atoms with Crippen LogP contribution in [0.3, 0.4) is 0 Å². The molecule has 0 amide bonds. The van der Waals surface area contributed by atoms with Gasteiger partial charge in [0, 0.05) is 35.3 Å². The molecule has 2 N–H and O–H groups in total. The van der Waals surface area contributed by atoms with Gasteiger partial charge in [0.25, 0.3) is 0 Å². The summed E-state index contributed by atoms with van der Waals surface area (Å²) < 4.78 is 18.2. The van der Waals surface area contributed by atoms with E-state index < -0.39 is 0 Å². The van der Waals surface area contributed by atoms with Gasteiger partial charge in [-0.1, -0.05) is 12.1 Å². The highest BCUT2D eigenvalue weighted by molar-refractivity contribution is 7.97. The molecule has 3 aromatic rings. The Balaban J connectivity index is 1.95. The van der Waals surface area contributed by atoms with Gasteiger partial charge in [0.15, 0.2) is 0 Å². The minimum absolute atomic E-state index is 0.184. The number of pyridine rings is 1. The highest BCUT2D eigenvalue weighted by atomic mass is 32.2. The summed E-state index contributed by atoms with van der Waals surface area (Å²) in [4.78, 5) is 5.77. The number of nitrogens with two attached hydrogens (primary N) is 1. The van der Waals surface area contributed by atoms with E-state index in [1.807, 2.05) is 37.7 Å². The van der Waals surface area contributed by atoms with Gasteiger partial charge >= 0.3 is 0 Å². The predicted molar refractivity (Wildman–Crippen MR) is 112 cm³/mol. The number of hydrogen-bond donors (Lipinski definition) is 1. The van der Waals surface area contributed by atoms with Crippen LogP contribution < -0.4 is 5.73 Å². The second-order valence-corrected chi connectivity index (χ2v) is 8.02. The fraction of sp³-hybridized carbons (Fsp3) is 0.286. The zero-order valence-corrected chi connectivity index (χ0v) is 16.8. The Bertz CT molecular complexity index is 945. The van der Waals surface area contributed by atoms with Gasteiger partial charge in [-0.2, -0.15) is 0 Å². The van der Waals surface area contributed by atoms with Crippen molar-refractivity contribution in [1.82, 2.24) is 13.9 Å². The van der Waals surface area contributed by atoms with E-state index >= 15 is 0 Å². The van der Waals surface area contributed by atoms with E-state index in [-0.39, 0.29) is 18.9 Å². The van der Waals surface area contributed by atoms with Crippen molar-refractivity contribution in [3.63, 3.8) is 0 Å². The summed E-state index contributed by atoms with van der Waals surface area (Å²) in [6.07, 6.45) is 3.97. The molecule has 3 rings (SSSR count). The largest absolute Gasteiger partial charge is 0.336 e.